The number of urea groups is 1. The normalized spacial score (nSPS) is 17.1. The van der Waals surface area contributed by atoms with E-state index in [1.54, 1.807) is 6.26 Å². The molecule has 2 amide bonds. The molecule has 5 heteroatoms. The van der Waals surface area contributed by atoms with E-state index in [0.29, 0.717) is 25.2 Å². The molecular weight excluding hydrogens is 268 g/mol. The van der Waals surface area contributed by atoms with Gasteiger partial charge in [-0.05, 0) is 30.9 Å². The van der Waals surface area contributed by atoms with Gasteiger partial charge in [-0.2, -0.15) is 0 Å². The van der Waals surface area contributed by atoms with Gasteiger partial charge in [0.15, 0.2) is 0 Å². The monoisotopic (exact) mass is 294 g/mol. The van der Waals surface area contributed by atoms with Gasteiger partial charge >= 0.3 is 6.03 Å². The van der Waals surface area contributed by atoms with Gasteiger partial charge in [-0.15, -0.1) is 0 Å². The average molecular weight is 294 g/mol. The number of furan rings is 1. The number of amides is 2. The van der Waals surface area contributed by atoms with Crippen molar-refractivity contribution in [3.05, 3.63) is 24.2 Å². The van der Waals surface area contributed by atoms with Crippen molar-refractivity contribution >= 4 is 6.03 Å². The fourth-order valence-corrected chi connectivity index (χ4v) is 2.56. The van der Waals surface area contributed by atoms with Crippen LogP contribution in [0.15, 0.2) is 22.8 Å². The van der Waals surface area contributed by atoms with Crippen LogP contribution >= 0.6 is 0 Å². The molecule has 1 fully saturated rings. The summed E-state index contributed by atoms with van der Waals surface area (Å²) in [6, 6.07) is 3.59. The van der Waals surface area contributed by atoms with Crippen molar-refractivity contribution < 1.29 is 13.9 Å². The maximum absolute atomic E-state index is 12.1. The maximum Gasteiger partial charge on any atom is 0.315 e. The Labute approximate surface area is 126 Å². The first-order chi connectivity index (χ1) is 10.1. The number of hydrogen-bond acceptors (Lipinski definition) is 3. The molecule has 1 unspecified atom stereocenters. The van der Waals surface area contributed by atoms with E-state index < -0.39 is 0 Å². The highest BCUT2D eigenvalue weighted by atomic mass is 16.5. The minimum absolute atomic E-state index is 0.142. The van der Waals surface area contributed by atoms with Gasteiger partial charge in [0.1, 0.15) is 11.8 Å². The second-order valence-corrected chi connectivity index (χ2v) is 6.10. The molecule has 2 rings (SSSR count). The molecule has 0 aliphatic heterocycles. The number of nitrogens with one attached hydrogen (secondary N) is 2. The Morgan fingerprint density at radius 2 is 2.14 bits per heavy atom. The van der Waals surface area contributed by atoms with Crippen LogP contribution in [0.2, 0.25) is 0 Å². The summed E-state index contributed by atoms with van der Waals surface area (Å²) in [5.74, 6) is 1.19. The molecule has 0 aromatic carbocycles. The van der Waals surface area contributed by atoms with E-state index in [9.17, 15) is 4.79 Å². The largest absolute Gasteiger partial charge is 0.467 e. The van der Waals surface area contributed by atoms with Crippen molar-refractivity contribution in [2.24, 2.45) is 5.92 Å². The summed E-state index contributed by atoms with van der Waals surface area (Å²) in [5.41, 5.74) is 0. The van der Waals surface area contributed by atoms with E-state index in [2.05, 4.69) is 24.5 Å². The minimum atomic E-state index is -0.250. The molecule has 1 aliphatic carbocycles. The fourth-order valence-electron chi connectivity index (χ4n) is 2.56. The summed E-state index contributed by atoms with van der Waals surface area (Å²) < 4.78 is 11.1. The Kier molecular flexibility index (Phi) is 6.11. The lowest BCUT2D eigenvalue weighted by molar-refractivity contribution is 0.0867. The summed E-state index contributed by atoms with van der Waals surface area (Å²) in [4.78, 5) is 12.1. The summed E-state index contributed by atoms with van der Waals surface area (Å²) in [5, 5.41) is 5.97. The molecule has 1 heterocycles. The number of carbonyl (C=O) groups is 1. The predicted molar refractivity (Wildman–Crippen MR) is 81.0 cm³/mol. The van der Waals surface area contributed by atoms with Crippen molar-refractivity contribution in [2.75, 3.05) is 13.2 Å². The SMILES string of the molecule is CC(C)COCC(NC(=O)NC1CCCC1)c1ccco1. The van der Waals surface area contributed by atoms with Gasteiger partial charge in [-0.1, -0.05) is 26.7 Å². The molecule has 118 valence electrons. The van der Waals surface area contributed by atoms with E-state index >= 15 is 0 Å². The Morgan fingerprint density at radius 1 is 1.38 bits per heavy atom. The Bertz CT molecular complexity index is 411. The first-order valence-electron chi connectivity index (χ1n) is 7.83. The topological polar surface area (TPSA) is 63.5 Å². The molecule has 1 aliphatic rings. The van der Waals surface area contributed by atoms with E-state index in [1.165, 1.54) is 12.8 Å². The van der Waals surface area contributed by atoms with Gasteiger partial charge in [-0.3, -0.25) is 0 Å². The van der Waals surface area contributed by atoms with Crippen LogP contribution in [-0.2, 0) is 4.74 Å². The fraction of sp³-hybridized carbons (Fsp3) is 0.688. The van der Waals surface area contributed by atoms with Gasteiger partial charge < -0.3 is 19.8 Å². The van der Waals surface area contributed by atoms with Crippen molar-refractivity contribution in [3.63, 3.8) is 0 Å². The second kappa shape index (κ2) is 8.08. The van der Waals surface area contributed by atoms with Crippen LogP contribution in [0.3, 0.4) is 0 Å². The summed E-state index contributed by atoms with van der Waals surface area (Å²) >= 11 is 0. The molecule has 0 radical (unpaired) electrons. The van der Waals surface area contributed by atoms with E-state index in [1.807, 2.05) is 12.1 Å². The quantitative estimate of drug-likeness (QED) is 0.811. The Hall–Kier alpha value is -1.49. The zero-order chi connectivity index (χ0) is 15.1. The molecule has 21 heavy (non-hydrogen) atoms. The molecule has 2 N–H and O–H groups in total. The summed E-state index contributed by atoms with van der Waals surface area (Å²) in [6.45, 7) is 5.29. The van der Waals surface area contributed by atoms with Crippen molar-refractivity contribution in [1.29, 1.82) is 0 Å². The van der Waals surface area contributed by atoms with Crippen molar-refractivity contribution in [1.82, 2.24) is 10.6 Å². The number of carbonyl (C=O) groups excluding carboxylic acids is 1. The van der Waals surface area contributed by atoms with Crippen molar-refractivity contribution in [2.45, 2.75) is 51.6 Å². The van der Waals surface area contributed by atoms with Gasteiger partial charge in [0.2, 0.25) is 0 Å². The van der Waals surface area contributed by atoms with Crippen LogP contribution in [0, 0.1) is 5.92 Å². The standard InChI is InChI=1S/C16H26N2O3/c1-12(2)10-20-11-14(15-8-5-9-21-15)18-16(19)17-13-6-3-4-7-13/h5,8-9,12-14H,3-4,6-7,10-11H2,1-2H3,(H2,17,18,19). The maximum atomic E-state index is 12.1. The molecule has 1 saturated carbocycles. The van der Waals surface area contributed by atoms with Gasteiger partial charge in [-0.25, -0.2) is 4.79 Å². The highest BCUT2D eigenvalue weighted by Crippen LogP contribution is 2.18. The Balaban J connectivity index is 1.84. The highest BCUT2D eigenvalue weighted by Gasteiger charge is 2.21. The van der Waals surface area contributed by atoms with Crippen LogP contribution < -0.4 is 10.6 Å². The van der Waals surface area contributed by atoms with Gasteiger partial charge in [0, 0.05) is 12.6 Å². The summed E-state index contributed by atoms with van der Waals surface area (Å²) in [7, 11) is 0. The third-order valence-electron chi connectivity index (χ3n) is 3.62. The zero-order valence-corrected chi connectivity index (χ0v) is 12.9. The van der Waals surface area contributed by atoms with E-state index in [4.69, 9.17) is 9.15 Å². The molecule has 0 saturated heterocycles. The smallest absolute Gasteiger partial charge is 0.315 e. The van der Waals surface area contributed by atoms with E-state index in [-0.39, 0.29) is 12.1 Å². The molecule has 1 aromatic heterocycles. The third-order valence-corrected chi connectivity index (χ3v) is 3.62. The van der Waals surface area contributed by atoms with Crippen molar-refractivity contribution in [3.8, 4) is 0 Å². The second-order valence-electron chi connectivity index (χ2n) is 6.10. The van der Waals surface area contributed by atoms with Gasteiger partial charge in [0.25, 0.3) is 0 Å². The number of ether oxygens (including phenoxy) is 1. The summed E-state index contributed by atoms with van der Waals surface area (Å²) in [6.07, 6.45) is 6.15. The number of rotatable bonds is 7. The average Bonchev–Trinajstić information content (AvgIpc) is 3.09. The molecule has 1 atom stereocenters. The molecule has 1 aromatic rings. The van der Waals surface area contributed by atoms with Crippen LogP contribution in [0.5, 0.6) is 0 Å². The Morgan fingerprint density at radius 3 is 2.76 bits per heavy atom. The zero-order valence-electron chi connectivity index (χ0n) is 12.9. The van der Waals surface area contributed by atoms with Crippen LogP contribution in [0.4, 0.5) is 4.79 Å². The van der Waals surface area contributed by atoms with E-state index in [0.717, 1.165) is 18.6 Å². The molecular formula is C16H26N2O3. The lowest BCUT2D eigenvalue weighted by Crippen LogP contribution is -2.43. The highest BCUT2D eigenvalue weighted by molar-refractivity contribution is 5.74. The lowest BCUT2D eigenvalue weighted by atomic mass is 10.2. The first-order valence-corrected chi connectivity index (χ1v) is 7.83. The predicted octanol–water partition coefficient (Wildman–Crippen LogP) is 3.24. The van der Waals surface area contributed by atoms with Gasteiger partial charge in [0.05, 0.1) is 12.9 Å². The van der Waals surface area contributed by atoms with Crippen LogP contribution in [0.1, 0.15) is 51.3 Å². The number of hydrogen-bond donors (Lipinski definition) is 2. The first kappa shape index (κ1) is 15.9. The molecule has 0 spiro atoms. The minimum Gasteiger partial charge on any atom is -0.467 e. The molecule has 0 bridgehead atoms. The lowest BCUT2D eigenvalue weighted by Gasteiger charge is -2.20. The van der Waals surface area contributed by atoms with Crippen LogP contribution in [-0.4, -0.2) is 25.3 Å². The third kappa shape index (κ3) is 5.42. The molecule has 5 nitrogen and oxygen atoms in total. The van der Waals surface area contributed by atoms with Crippen LogP contribution in [0.25, 0.3) is 0 Å².